The number of aromatic nitrogens is 1. The Morgan fingerprint density at radius 3 is 2.92 bits per heavy atom. The summed E-state index contributed by atoms with van der Waals surface area (Å²) in [5.74, 6) is 0. The number of nitrogens with zero attached hydrogens (tertiary/aromatic N) is 1. The van der Waals surface area contributed by atoms with Crippen LogP contribution < -0.4 is 5.32 Å². The minimum atomic E-state index is 0.531. The molecule has 1 aliphatic carbocycles. The van der Waals surface area contributed by atoms with E-state index in [9.17, 15) is 0 Å². The molecular weight excluding hydrogens is 180 g/mol. The predicted octanol–water partition coefficient (Wildman–Crippen LogP) is 2.08. The maximum absolute atomic E-state index is 4.36. The molecule has 2 nitrogen and oxygen atoms in total. The van der Waals surface area contributed by atoms with Crippen LogP contribution in [0.15, 0.2) is 10.9 Å². The summed E-state index contributed by atoms with van der Waals surface area (Å²) >= 11 is 1.70. The molecule has 0 unspecified atom stereocenters. The highest BCUT2D eigenvalue weighted by Gasteiger charge is 2.36. The Balaban J connectivity index is 1.98. The molecule has 0 spiro atoms. The van der Waals surface area contributed by atoms with E-state index in [2.05, 4.69) is 15.7 Å². The molecule has 0 saturated heterocycles. The third-order valence-corrected chi connectivity index (χ3v) is 3.64. The van der Waals surface area contributed by atoms with E-state index in [1.54, 1.807) is 11.3 Å². The van der Waals surface area contributed by atoms with Gasteiger partial charge < -0.3 is 5.32 Å². The number of thiazole rings is 1. The zero-order valence-corrected chi connectivity index (χ0v) is 8.86. The molecule has 1 fully saturated rings. The van der Waals surface area contributed by atoms with Crippen LogP contribution in [0.25, 0.3) is 0 Å². The predicted molar refractivity (Wildman–Crippen MR) is 56.0 cm³/mol. The van der Waals surface area contributed by atoms with Crippen molar-refractivity contribution in [1.82, 2.24) is 10.3 Å². The maximum atomic E-state index is 4.36. The van der Waals surface area contributed by atoms with Gasteiger partial charge in [-0.15, -0.1) is 11.3 Å². The van der Waals surface area contributed by atoms with Crippen LogP contribution in [0, 0.1) is 5.41 Å². The van der Waals surface area contributed by atoms with Gasteiger partial charge in [0.05, 0.1) is 11.2 Å². The first kappa shape index (κ1) is 9.16. The zero-order chi connectivity index (χ0) is 9.15. The molecule has 0 atom stereocenters. The Bertz CT molecular complexity index is 252. The molecule has 2 rings (SSSR count). The SMILES string of the molecule is CNCC1(Cc2cscn2)CCC1. The third-order valence-electron chi connectivity index (χ3n) is 3.01. The first-order chi connectivity index (χ1) is 6.35. The van der Waals surface area contributed by atoms with Gasteiger partial charge in [0, 0.05) is 11.9 Å². The van der Waals surface area contributed by atoms with E-state index in [0.29, 0.717) is 5.41 Å². The van der Waals surface area contributed by atoms with E-state index in [0.717, 1.165) is 13.0 Å². The zero-order valence-electron chi connectivity index (χ0n) is 8.05. The number of hydrogen-bond donors (Lipinski definition) is 1. The molecule has 3 heteroatoms. The lowest BCUT2D eigenvalue weighted by Crippen LogP contribution is -2.40. The molecular formula is C10H16N2S. The number of rotatable bonds is 4. The lowest BCUT2D eigenvalue weighted by atomic mass is 9.66. The second kappa shape index (κ2) is 3.76. The third kappa shape index (κ3) is 1.92. The van der Waals surface area contributed by atoms with Crippen LogP contribution in [-0.4, -0.2) is 18.6 Å². The molecule has 0 aromatic carbocycles. The standard InChI is InChI=1S/C10H16N2S/c1-11-7-10(3-2-4-10)5-9-6-13-8-12-9/h6,8,11H,2-5,7H2,1H3. The average Bonchev–Trinajstić information content (AvgIpc) is 2.53. The van der Waals surface area contributed by atoms with Crippen molar-refractivity contribution in [3.8, 4) is 0 Å². The van der Waals surface area contributed by atoms with Crippen molar-refractivity contribution in [2.75, 3.05) is 13.6 Å². The first-order valence-corrected chi connectivity index (χ1v) is 5.81. The normalized spacial score (nSPS) is 19.8. The summed E-state index contributed by atoms with van der Waals surface area (Å²) in [6.07, 6.45) is 5.29. The molecule has 1 saturated carbocycles. The average molecular weight is 196 g/mol. The van der Waals surface area contributed by atoms with E-state index in [1.807, 2.05) is 12.6 Å². The number of nitrogens with one attached hydrogen (secondary N) is 1. The molecule has 1 aromatic heterocycles. The van der Waals surface area contributed by atoms with E-state index in [-0.39, 0.29) is 0 Å². The van der Waals surface area contributed by atoms with Crippen LogP contribution >= 0.6 is 11.3 Å². The lowest BCUT2D eigenvalue weighted by Gasteiger charge is -2.41. The van der Waals surface area contributed by atoms with Crippen molar-refractivity contribution in [1.29, 1.82) is 0 Å². The van der Waals surface area contributed by atoms with Crippen molar-refractivity contribution in [2.45, 2.75) is 25.7 Å². The molecule has 0 amide bonds. The summed E-state index contributed by atoms with van der Waals surface area (Å²) in [5, 5.41) is 5.47. The second-order valence-electron chi connectivity index (χ2n) is 4.04. The fourth-order valence-electron chi connectivity index (χ4n) is 2.18. The largest absolute Gasteiger partial charge is 0.319 e. The highest BCUT2D eigenvalue weighted by Crippen LogP contribution is 2.42. The van der Waals surface area contributed by atoms with Gasteiger partial charge in [0.2, 0.25) is 0 Å². The van der Waals surface area contributed by atoms with Gasteiger partial charge in [0.25, 0.3) is 0 Å². The van der Waals surface area contributed by atoms with Gasteiger partial charge in [-0.3, -0.25) is 0 Å². The first-order valence-electron chi connectivity index (χ1n) is 4.86. The highest BCUT2D eigenvalue weighted by atomic mass is 32.1. The smallest absolute Gasteiger partial charge is 0.0794 e. The van der Waals surface area contributed by atoms with E-state index >= 15 is 0 Å². The van der Waals surface area contributed by atoms with Crippen molar-refractivity contribution in [3.05, 3.63) is 16.6 Å². The summed E-state index contributed by atoms with van der Waals surface area (Å²) in [6, 6.07) is 0. The van der Waals surface area contributed by atoms with Gasteiger partial charge in [-0.05, 0) is 31.7 Å². The maximum Gasteiger partial charge on any atom is 0.0794 e. The van der Waals surface area contributed by atoms with Gasteiger partial charge in [-0.1, -0.05) is 6.42 Å². The summed E-state index contributed by atoms with van der Waals surface area (Å²) in [6.45, 7) is 1.14. The summed E-state index contributed by atoms with van der Waals surface area (Å²) in [4.78, 5) is 4.36. The van der Waals surface area contributed by atoms with E-state index < -0.39 is 0 Å². The highest BCUT2D eigenvalue weighted by molar-refractivity contribution is 7.07. The molecule has 72 valence electrons. The van der Waals surface area contributed by atoms with Crippen LogP contribution in [-0.2, 0) is 6.42 Å². The van der Waals surface area contributed by atoms with Gasteiger partial charge in [0.1, 0.15) is 0 Å². The Labute approximate surface area is 83.4 Å². The Hall–Kier alpha value is -0.410. The molecule has 1 aromatic rings. The number of hydrogen-bond acceptors (Lipinski definition) is 3. The molecule has 1 aliphatic rings. The van der Waals surface area contributed by atoms with Crippen molar-refractivity contribution < 1.29 is 0 Å². The molecule has 1 N–H and O–H groups in total. The fraction of sp³-hybridized carbons (Fsp3) is 0.700. The van der Waals surface area contributed by atoms with Gasteiger partial charge in [-0.25, -0.2) is 4.98 Å². The van der Waals surface area contributed by atoms with Gasteiger partial charge in [-0.2, -0.15) is 0 Å². The molecule has 13 heavy (non-hydrogen) atoms. The van der Waals surface area contributed by atoms with Crippen LogP contribution in [0.3, 0.4) is 0 Å². The lowest BCUT2D eigenvalue weighted by molar-refractivity contribution is 0.132. The van der Waals surface area contributed by atoms with E-state index in [4.69, 9.17) is 0 Å². The van der Waals surface area contributed by atoms with Crippen molar-refractivity contribution >= 4 is 11.3 Å². The molecule has 1 heterocycles. The van der Waals surface area contributed by atoms with Crippen LogP contribution in [0.2, 0.25) is 0 Å². The van der Waals surface area contributed by atoms with Gasteiger partial charge in [0.15, 0.2) is 0 Å². The minimum absolute atomic E-state index is 0.531. The van der Waals surface area contributed by atoms with Crippen LogP contribution in [0.4, 0.5) is 0 Å². The van der Waals surface area contributed by atoms with E-state index in [1.165, 1.54) is 25.0 Å². The topological polar surface area (TPSA) is 24.9 Å². The van der Waals surface area contributed by atoms with Crippen molar-refractivity contribution in [2.24, 2.45) is 5.41 Å². The Morgan fingerprint density at radius 1 is 1.62 bits per heavy atom. The quantitative estimate of drug-likeness (QED) is 0.797. The Kier molecular flexibility index (Phi) is 2.65. The molecule has 0 bridgehead atoms. The van der Waals surface area contributed by atoms with Crippen LogP contribution in [0.5, 0.6) is 0 Å². The van der Waals surface area contributed by atoms with Crippen LogP contribution in [0.1, 0.15) is 25.0 Å². The minimum Gasteiger partial charge on any atom is -0.319 e. The second-order valence-corrected chi connectivity index (χ2v) is 4.76. The summed E-state index contributed by atoms with van der Waals surface area (Å²) in [7, 11) is 2.04. The summed E-state index contributed by atoms with van der Waals surface area (Å²) < 4.78 is 0. The monoisotopic (exact) mass is 196 g/mol. The van der Waals surface area contributed by atoms with Crippen molar-refractivity contribution in [3.63, 3.8) is 0 Å². The molecule has 0 aliphatic heterocycles. The Morgan fingerprint density at radius 2 is 2.46 bits per heavy atom. The molecule has 0 radical (unpaired) electrons. The van der Waals surface area contributed by atoms with Gasteiger partial charge >= 0.3 is 0 Å². The summed E-state index contributed by atoms with van der Waals surface area (Å²) in [5.41, 5.74) is 3.74. The fourth-order valence-corrected chi connectivity index (χ4v) is 2.74.